The van der Waals surface area contributed by atoms with Crippen molar-refractivity contribution in [1.82, 2.24) is 5.32 Å². The molecule has 0 spiro atoms. The van der Waals surface area contributed by atoms with E-state index in [-0.39, 0.29) is 5.92 Å². The lowest BCUT2D eigenvalue weighted by Crippen LogP contribution is -2.42. The Morgan fingerprint density at radius 1 is 1.19 bits per heavy atom. The number of nitrogens with one attached hydrogen (secondary N) is 1. The molecular weight excluding hydrogens is 445 g/mol. The van der Waals surface area contributed by atoms with Gasteiger partial charge in [0.2, 0.25) is 0 Å². The second kappa shape index (κ2) is 9.94. The molecule has 1 N–H and O–H groups in total. The minimum Gasteiger partial charge on any atom is -0.466 e. The van der Waals surface area contributed by atoms with Gasteiger partial charge in [0.15, 0.2) is 0 Å². The Morgan fingerprint density at radius 2 is 1.77 bits per heavy atom. The van der Waals surface area contributed by atoms with Crippen molar-refractivity contribution in [2.24, 2.45) is 5.92 Å². The van der Waals surface area contributed by atoms with E-state index in [2.05, 4.69) is 27.9 Å². The molecule has 0 heterocycles. The van der Waals surface area contributed by atoms with Crippen LogP contribution in [0.4, 0.5) is 4.79 Å². The zero-order valence-electron chi connectivity index (χ0n) is 16.3. The molecule has 144 valence electrons. The number of methoxy groups -OCH3 is 1. The maximum Gasteiger partial charge on any atom is 0.408 e. The molecule has 26 heavy (non-hydrogen) atoms. The minimum atomic E-state index is -0.613. The summed E-state index contributed by atoms with van der Waals surface area (Å²) in [5.74, 6) is -0.204. The van der Waals surface area contributed by atoms with Gasteiger partial charge in [-0.25, -0.2) is 9.59 Å². The zero-order valence-corrected chi connectivity index (χ0v) is 18.4. The smallest absolute Gasteiger partial charge is 0.408 e. The number of carbonyl (C=O) groups excluding carboxylic acids is 2. The second-order valence-electron chi connectivity index (χ2n) is 7.47. The van der Waals surface area contributed by atoms with Crippen molar-refractivity contribution in [2.45, 2.75) is 52.7 Å². The Kier molecular flexibility index (Phi) is 8.59. The summed E-state index contributed by atoms with van der Waals surface area (Å²) in [7, 11) is 1.34. The molecule has 0 bridgehead atoms. The van der Waals surface area contributed by atoms with Crippen molar-refractivity contribution in [3.63, 3.8) is 0 Å². The first-order valence-electron chi connectivity index (χ1n) is 8.57. The van der Waals surface area contributed by atoms with Crippen LogP contribution in [0.25, 0.3) is 6.08 Å². The van der Waals surface area contributed by atoms with E-state index in [9.17, 15) is 9.59 Å². The summed E-state index contributed by atoms with van der Waals surface area (Å²) in [4.78, 5) is 24.6. The molecule has 1 rings (SSSR count). The van der Waals surface area contributed by atoms with Crippen molar-refractivity contribution in [1.29, 1.82) is 0 Å². The van der Waals surface area contributed by atoms with Crippen LogP contribution in [0, 0.1) is 9.49 Å². The molecule has 0 aliphatic heterocycles. The summed E-state index contributed by atoms with van der Waals surface area (Å²) in [5, 5.41) is 2.82. The van der Waals surface area contributed by atoms with Gasteiger partial charge in [-0.2, -0.15) is 0 Å². The molecule has 0 aromatic heterocycles. The number of alkyl carbamates (subject to hydrolysis) is 1. The number of hydrogen-bond acceptors (Lipinski definition) is 4. The molecule has 0 unspecified atom stereocenters. The number of esters is 1. The third kappa shape index (κ3) is 8.21. The van der Waals surface area contributed by atoms with E-state index in [0.29, 0.717) is 12.0 Å². The largest absolute Gasteiger partial charge is 0.466 e. The molecule has 0 aliphatic rings. The third-order valence-electron chi connectivity index (χ3n) is 3.39. The quantitative estimate of drug-likeness (QED) is 0.367. The number of ether oxygens (including phenoxy) is 2. The molecule has 1 atom stereocenters. The minimum absolute atomic E-state index is 0.264. The number of carbonyl (C=O) groups is 2. The van der Waals surface area contributed by atoms with E-state index >= 15 is 0 Å². The molecule has 6 heteroatoms. The van der Waals surface area contributed by atoms with Crippen molar-refractivity contribution < 1.29 is 19.1 Å². The lowest BCUT2D eigenvalue weighted by Gasteiger charge is -2.25. The highest BCUT2D eigenvalue weighted by molar-refractivity contribution is 14.1. The number of amides is 1. The van der Waals surface area contributed by atoms with E-state index in [1.54, 1.807) is 26.8 Å². The van der Waals surface area contributed by atoms with Gasteiger partial charge in [-0.1, -0.05) is 26.0 Å². The lowest BCUT2D eigenvalue weighted by molar-refractivity contribution is -0.136. The summed E-state index contributed by atoms with van der Waals surface area (Å²) in [6.45, 7) is 9.46. The Morgan fingerprint density at radius 3 is 2.23 bits per heavy atom. The molecule has 1 aromatic rings. The first-order valence-corrected chi connectivity index (χ1v) is 9.64. The van der Waals surface area contributed by atoms with Gasteiger partial charge in [0.25, 0.3) is 0 Å². The van der Waals surface area contributed by atoms with Crippen LogP contribution in [0.5, 0.6) is 0 Å². The number of benzene rings is 1. The van der Waals surface area contributed by atoms with Crippen LogP contribution in [0.3, 0.4) is 0 Å². The molecule has 0 saturated heterocycles. The molecule has 0 aliphatic carbocycles. The van der Waals surface area contributed by atoms with Crippen LogP contribution in [0.2, 0.25) is 0 Å². The second-order valence-corrected chi connectivity index (χ2v) is 8.72. The van der Waals surface area contributed by atoms with E-state index in [4.69, 9.17) is 9.47 Å². The van der Waals surface area contributed by atoms with Gasteiger partial charge in [0.1, 0.15) is 5.60 Å². The zero-order chi connectivity index (χ0) is 19.9. The van der Waals surface area contributed by atoms with Crippen molar-refractivity contribution in [3.05, 3.63) is 39.0 Å². The molecule has 0 saturated carbocycles. The fraction of sp³-hybridized carbons (Fsp3) is 0.500. The van der Waals surface area contributed by atoms with Crippen LogP contribution in [0.1, 0.15) is 46.6 Å². The highest BCUT2D eigenvalue weighted by atomic mass is 127. The van der Waals surface area contributed by atoms with Crippen LogP contribution in [0.15, 0.2) is 29.8 Å². The maximum absolute atomic E-state index is 12.4. The SMILES string of the molecule is COC(=O)/C(=C\c1ccc(I)cc1)[C@H](CC(C)C)NC(=O)OC(C)(C)C. The number of rotatable bonds is 6. The summed E-state index contributed by atoms with van der Waals surface area (Å²) in [5.41, 5.74) is 0.649. The number of halogens is 1. The highest BCUT2D eigenvalue weighted by Crippen LogP contribution is 2.19. The Hall–Kier alpha value is -1.57. The van der Waals surface area contributed by atoms with E-state index in [1.165, 1.54) is 7.11 Å². The molecule has 1 aromatic carbocycles. The Balaban J connectivity index is 3.18. The van der Waals surface area contributed by atoms with Crippen LogP contribution in [-0.2, 0) is 14.3 Å². The van der Waals surface area contributed by atoms with Crippen LogP contribution >= 0.6 is 22.6 Å². The van der Waals surface area contributed by atoms with Gasteiger partial charge in [-0.05, 0) is 79.5 Å². The normalized spacial score (nSPS) is 13.3. The van der Waals surface area contributed by atoms with Gasteiger partial charge in [0, 0.05) is 3.57 Å². The Labute approximate surface area is 169 Å². The topological polar surface area (TPSA) is 64.6 Å². The fourth-order valence-corrected chi connectivity index (χ4v) is 2.70. The monoisotopic (exact) mass is 473 g/mol. The Bertz CT molecular complexity index is 645. The predicted molar refractivity (Wildman–Crippen MR) is 112 cm³/mol. The van der Waals surface area contributed by atoms with Crippen LogP contribution < -0.4 is 5.32 Å². The third-order valence-corrected chi connectivity index (χ3v) is 4.11. The van der Waals surface area contributed by atoms with Crippen LogP contribution in [-0.4, -0.2) is 30.8 Å². The van der Waals surface area contributed by atoms with Gasteiger partial charge in [-0.3, -0.25) is 0 Å². The first-order chi connectivity index (χ1) is 12.0. The van der Waals surface area contributed by atoms with E-state index in [0.717, 1.165) is 9.13 Å². The molecule has 0 fully saturated rings. The standard InChI is InChI=1S/C20H28INO4/c1-13(2)11-17(22-19(24)26-20(3,4)5)16(18(23)25-6)12-14-7-9-15(21)10-8-14/h7-10,12-13,17H,11H2,1-6H3,(H,22,24)/b16-12-/t17-/m0/s1. The van der Waals surface area contributed by atoms with E-state index in [1.807, 2.05) is 38.1 Å². The predicted octanol–water partition coefficient (Wildman–Crippen LogP) is 4.79. The average Bonchev–Trinajstić information content (AvgIpc) is 2.50. The summed E-state index contributed by atoms with van der Waals surface area (Å²) in [6.07, 6.45) is 1.79. The average molecular weight is 473 g/mol. The highest BCUT2D eigenvalue weighted by Gasteiger charge is 2.27. The first kappa shape index (κ1) is 22.5. The van der Waals surface area contributed by atoms with Gasteiger partial charge in [0.05, 0.1) is 18.7 Å². The van der Waals surface area contributed by atoms with Gasteiger partial charge >= 0.3 is 12.1 Å². The summed E-state index contributed by atoms with van der Waals surface area (Å²) < 4.78 is 11.4. The number of hydrogen-bond donors (Lipinski definition) is 1. The summed E-state index contributed by atoms with van der Waals surface area (Å²) >= 11 is 2.22. The molecule has 5 nitrogen and oxygen atoms in total. The lowest BCUT2D eigenvalue weighted by atomic mass is 9.95. The van der Waals surface area contributed by atoms with Crippen molar-refractivity contribution in [2.75, 3.05) is 7.11 Å². The fourth-order valence-electron chi connectivity index (χ4n) is 2.34. The summed E-state index contributed by atoms with van der Waals surface area (Å²) in [6, 6.07) is 7.26. The van der Waals surface area contributed by atoms with Gasteiger partial charge < -0.3 is 14.8 Å². The van der Waals surface area contributed by atoms with E-state index < -0.39 is 23.7 Å². The molecule has 0 radical (unpaired) electrons. The van der Waals surface area contributed by atoms with Crippen molar-refractivity contribution >= 4 is 40.7 Å². The molecular formula is C20H28INO4. The molecule has 1 amide bonds. The van der Waals surface area contributed by atoms with Crippen molar-refractivity contribution in [3.8, 4) is 0 Å². The maximum atomic E-state index is 12.4. The van der Waals surface area contributed by atoms with Gasteiger partial charge in [-0.15, -0.1) is 0 Å².